The maximum atomic E-state index is 12.9. The van der Waals surface area contributed by atoms with E-state index in [0.717, 1.165) is 22.9 Å². The van der Waals surface area contributed by atoms with Gasteiger partial charge in [0.2, 0.25) is 10.0 Å². The topological polar surface area (TPSA) is 75.7 Å². The maximum absolute atomic E-state index is 12.9. The van der Waals surface area contributed by atoms with Crippen molar-refractivity contribution in [2.24, 2.45) is 0 Å². The molecule has 2 aromatic carbocycles. The summed E-state index contributed by atoms with van der Waals surface area (Å²) in [6.45, 7) is 2.51. The molecule has 9 heteroatoms. The van der Waals surface area contributed by atoms with E-state index in [1.165, 1.54) is 16.4 Å². The number of nitrogens with zero attached hydrogens (tertiary/aromatic N) is 1. The molecular weight excluding hydrogens is 480 g/mol. The lowest BCUT2D eigenvalue weighted by molar-refractivity contribution is -0.123. The Morgan fingerprint density at radius 1 is 1.24 bits per heavy atom. The molecular formula is C20H22BrClN2O4S. The van der Waals surface area contributed by atoms with Crippen LogP contribution in [0.3, 0.4) is 0 Å². The normalized spacial score (nSPS) is 15.8. The number of hydrogen-bond donors (Lipinski definition) is 1. The minimum Gasteiger partial charge on any atom is -0.482 e. The Bertz CT molecular complexity index is 994. The number of hydrogen-bond acceptors (Lipinski definition) is 4. The molecule has 0 aromatic heterocycles. The fraction of sp³-hybridized carbons (Fsp3) is 0.350. The number of carbonyl (C=O) groups excluding carboxylic acids is 1. The Kier molecular flexibility index (Phi) is 7.21. The molecule has 1 fully saturated rings. The second-order valence-corrected chi connectivity index (χ2v) is 10.1. The van der Waals surface area contributed by atoms with Crippen LogP contribution >= 0.6 is 27.5 Å². The molecule has 6 nitrogen and oxygen atoms in total. The van der Waals surface area contributed by atoms with Crippen LogP contribution in [0.25, 0.3) is 0 Å². The van der Waals surface area contributed by atoms with E-state index in [4.69, 9.17) is 16.3 Å². The molecule has 3 rings (SSSR count). The van der Waals surface area contributed by atoms with Crippen LogP contribution < -0.4 is 10.1 Å². The molecule has 29 heavy (non-hydrogen) atoms. The van der Waals surface area contributed by atoms with Crippen molar-refractivity contribution in [3.05, 3.63) is 57.5 Å². The molecule has 1 saturated heterocycles. The van der Waals surface area contributed by atoms with E-state index in [9.17, 15) is 13.2 Å². The standard InChI is InChI=1S/C20H22BrClN2O4S/c1-14(15-5-4-6-16(21)11-15)23-20(25)13-28-18-8-7-17(22)12-19(18)29(26,27)24-9-2-3-10-24/h4-8,11-12,14H,2-3,9-10,13H2,1H3,(H,23,25)/t14-/m0/s1. The summed E-state index contributed by atoms with van der Waals surface area (Å²) in [7, 11) is -3.72. The van der Waals surface area contributed by atoms with Crippen LogP contribution in [0.15, 0.2) is 51.8 Å². The number of benzene rings is 2. The van der Waals surface area contributed by atoms with Crippen molar-refractivity contribution in [1.82, 2.24) is 9.62 Å². The average Bonchev–Trinajstić information content (AvgIpc) is 3.22. The van der Waals surface area contributed by atoms with Crippen LogP contribution in [0, 0.1) is 0 Å². The molecule has 1 N–H and O–H groups in total. The van der Waals surface area contributed by atoms with E-state index < -0.39 is 10.0 Å². The molecule has 0 spiro atoms. The third kappa shape index (κ3) is 5.51. The van der Waals surface area contributed by atoms with Crippen LogP contribution in [-0.4, -0.2) is 38.3 Å². The lowest BCUT2D eigenvalue weighted by Crippen LogP contribution is -2.32. The van der Waals surface area contributed by atoms with E-state index in [1.807, 2.05) is 31.2 Å². The molecule has 1 atom stereocenters. The summed E-state index contributed by atoms with van der Waals surface area (Å²) < 4.78 is 33.8. The van der Waals surface area contributed by atoms with Gasteiger partial charge in [-0.3, -0.25) is 4.79 Å². The average molecular weight is 502 g/mol. The highest BCUT2D eigenvalue weighted by atomic mass is 79.9. The molecule has 0 aliphatic carbocycles. The van der Waals surface area contributed by atoms with Crippen molar-refractivity contribution in [3.8, 4) is 5.75 Å². The van der Waals surface area contributed by atoms with Crippen LogP contribution in [0.1, 0.15) is 31.4 Å². The second kappa shape index (κ2) is 9.47. The quantitative estimate of drug-likeness (QED) is 0.619. The van der Waals surface area contributed by atoms with Crippen molar-refractivity contribution < 1.29 is 17.9 Å². The minimum absolute atomic E-state index is 0.0141. The third-order valence-electron chi connectivity index (χ3n) is 4.67. The van der Waals surface area contributed by atoms with Gasteiger partial charge in [-0.15, -0.1) is 0 Å². The van der Waals surface area contributed by atoms with E-state index >= 15 is 0 Å². The van der Waals surface area contributed by atoms with Gasteiger partial charge in [-0.1, -0.05) is 39.7 Å². The molecule has 1 aliphatic heterocycles. The summed E-state index contributed by atoms with van der Waals surface area (Å²) in [5, 5.41) is 3.14. The fourth-order valence-electron chi connectivity index (χ4n) is 3.16. The summed E-state index contributed by atoms with van der Waals surface area (Å²) in [6, 6.07) is 11.8. The number of amides is 1. The number of carbonyl (C=O) groups is 1. The van der Waals surface area contributed by atoms with Gasteiger partial charge in [0.05, 0.1) is 6.04 Å². The summed E-state index contributed by atoms with van der Waals surface area (Å²) in [6.07, 6.45) is 1.65. The fourth-order valence-corrected chi connectivity index (χ4v) is 5.48. The minimum atomic E-state index is -3.72. The number of sulfonamides is 1. The van der Waals surface area contributed by atoms with Crippen molar-refractivity contribution in [2.75, 3.05) is 19.7 Å². The van der Waals surface area contributed by atoms with E-state index in [0.29, 0.717) is 18.1 Å². The predicted molar refractivity (Wildman–Crippen MR) is 116 cm³/mol. The Morgan fingerprint density at radius 2 is 1.97 bits per heavy atom. The van der Waals surface area contributed by atoms with E-state index in [-0.39, 0.29) is 29.2 Å². The lowest BCUT2D eigenvalue weighted by Gasteiger charge is -2.19. The SMILES string of the molecule is C[C@H](NC(=O)COc1ccc(Cl)cc1S(=O)(=O)N1CCCC1)c1cccc(Br)c1. The van der Waals surface area contributed by atoms with Crippen molar-refractivity contribution in [3.63, 3.8) is 0 Å². The predicted octanol–water partition coefficient (Wildman–Crippen LogP) is 4.14. The monoisotopic (exact) mass is 500 g/mol. The van der Waals surface area contributed by atoms with Crippen molar-refractivity contribution in [2.45, 2.75) is 30.7 Å². The van der Waals surface area contributed by atoms with E-state index in [2.05, 4.69) is 21.2 Å². The molecule has 1 amide bonds. The summed E-state index contributed by atoms with van der Waals surface area (Å²) >= 11 is 9.43. The highest BCUT2D eigenvalue weighted by molar-refractivity contribution is 9.10. The molecule has 0 bridgehead atoms. The number of nitrogens with one attached hydrogen (secondary N) is 1. The van der Waals surface area contributed by atoms with Gasteiger partial charge in [0.1, 0.15) is 10.6 Å². The molecule has 2 aromatic rings. The first-order valence-electron chi connectivity index (χ1n) is 9.25. The third-order valence-corrected chi connectivity index (χ3v) is 7.32. The van der Waals surface area contributed by atoms with Gasteiger partial charge in [-0.05, 0) is 55.7 Å². The van der Waals surface area contributed by atoms with Crippen LogP contribution in [0.4, 0.5) is 0 Å². The van der Waals surface area contributed by atoms with Crippen molar-refractivity contribution in [1.29, 1.82) is 0 Å². The largest absolute Gasteiger partial charge is 0.482 e. The van der Waals surface area contributed by atoms with Gasteiger partial charge in [0, 0.05) is 22.6 Å². The summed E-state index contributed by atoms with van der Waals surface area (Å²) in [4.78, 5) is 12.3. The van der Waals surface area contributed by atoms with Gasteiger partial charge >= 0.3 is 0 Å². The highest BCUT2D eigenvalue weighted by Gasteiger charge is 2.30. The van der Waals surface area contributed by atoms with Gasteiger partial charge in [0.25, 0.3) is 5.91 Å². The molecule has 1 aliphatic rings. The number of rotatable bonds is 7. The van der Waals surface area contributed by atoms with Crippen LogP contribution in [-0.2, 0) is 14.8 Å². The summed E-state index contributed by atoms with van der Waals surface area (Å²) in [5.41, 5.74) is 0.941. The molecule has 0 radical (unpaired) electrons. The van der Waals surface area contributed by atoms with E-state index in [1.54, 1.807) is 6.07 Å². The van der Waals surface area contributed by atoms with Gasteiger partial charge in [0.15, 0.2) is 6.61 Å². The zero-order valence-electron chi connectivity index (χ0n) is 15.9. The molecule has 0 unspecified atom stereocenters. The first kappa shape index (κ1) is 22.1. The zero-order valence-corrected chi connectivity index (χ0v) is 19.1. The zero-order chi connectivity index (χ0) is 21.0. The number of halogens is 2. The molecule has 0 saturated carbocycles. The smallest absolute Gasteiger partial charge is 0.258 e. The Hall–Kier alpha value is -1.61. The lowest BCUT2D eigenvalue weighted by atomic mass is 10.1. The van der Waals surface area contributed by atoms with Crippen molar-refractivity contribution >= 4 is 43.5 Å². The first-order chi connectivity index (χ1) is 13.8. The maximum Gasteiger partial charge on any atom is 0.258 e. The molecule has 1 heterocycles. The highest BCUT2D eigenvalue weighted by Crippen LogP contribution is 2.31. The molecule has 156 valence electrons. The second-order valence-electron chi connectivity index (χ2n) is 6.84. The summed E-state index contributed by atoms with van der Waals surface area (Å²) in [5.74, 6) is -0.233. The van der Waals surface area contributed by atoms with Gasteiger partial charge in [-0.25, -0.2) is 8.42 Å². The first-order valence-corrected chi connectivity index (χ1v) is 11.9. The Morgan fingerprint density at radius 3 is 2.66 bits per heavy atom. The van der Waals surface area contributed by atoms with Crippen LogP contribution in [0.5, 0.6) is 5.75 Å². The Labute approximate surface area is 184 Å². The van der Waals surface area contributed by atoms with Gasteiger partial charge in [-0.2, -0.15) is 4.31 Å². The Balaban J connectivity index is 1.69. The number of ether oxygens (including phenoxy) is 1. The van der Waals surface area contributed by atoms with Gasteiger partial charge < -0.3 is 10.1 Å². The van der Waals surface area contributed by atoms with Crippen LogP contribution in [0.2, 0.25) is 5.02 Å².